The average Bonchev–Trinajstić information content (AvgIpc) is 3.43. The summed E-state index contributed by atoms with van der Waals surface area (Å²) in [4.78, 5) is 31.3. The van der Waals surface area contributed by atoms with Crippen LogP contribution >= 0.6 is 34.5 Å². The Labute approximate surface area is 214 Å². The highest BCUT2D eigenvalue weighted by Gasteiger charge is 2.33. The number of benzene rings is 2. The second kappa shape index (κ2) is 9.34. The SMILES string of the molecule is COC(=O)C1=C(C)N=c2s/c(=C\c3ccc(-c4ccccc4Cl)o3)c(=O)n2[C@@H]1c1ccc(Cl)cc1. The lowest BCUT2D eigenvalue weighted by atomic mass is 9.96. The molecule has 0 spiro atoms. The summed E-state index contributed by atoms with van der Waals surface area (Å²) in [6.45, 7) is 1.73. The Morgan fingerprint density at radius 3 is 2.57 bits per heavy atom. The first kappa shape index (κ1) is 23.4. The second-order valence-electron chi connectivity index (χ2n) is 7.81. The predicted molar refractivity (Wildman–Crippen MR) is 136 cm³/mol. The third-order valence-corrected chi connectivity index (χ3v) is 7.22. The molecule has 1 aliphatic rings. The zero-order chi connectivity index (χ0) is 24.7. The molecule has 5 rings (SSSR count). The minimum absolute atomic E-state index is 0.293. The van der Waals surface area contributed by atoms with Gasteiger partial charge >= 0.3 is 5.97 Å². The first-order valence-corrected chi connectivity index (χ1v) is 12.2. The van der Waals surface area contributed by atoms with E-state index in [9.17, 15) is 9.59 Å². The Morgan fingerprint density at radius 1 is 1.11 bits per heavy atom. The van der Waals surface area contributed by atoms with Crippen LogP contribution in [0.15, 0.2) is 86.1 Å². The zero-order valence-electron chi connectivity index (χ0n) is 18.6. The van der Waals surface area contributed by atoms with Crippen LogP contribution in [0.5, 0.6) is 0 Å². The van der Waals surface area contributed by atoms with Crippen LogP contribution in [-0.2, 0) is 9.53 Å². The van der Waals surface area contributed by atoms with Crippen LogP contribution in [0, 0.1) is 0 Å². The molecule has 0 bridgehead atoms. The van der Waals surface area contributed by atoms with Crippen molar-refractivity contribution in [2.75, 3.05) is 7.11 Å². The van der Waals surface area contributed by atoms with E-state index >= 15 is 0 Å². The number of furan rings is 1. The number of halogens is 2. The van der Waals surface area contributed by atoms with Crippen molar-refractivity contribution in [1.29, 1.82) is 0 Å². The highest BCUT2D eigenvalue weighted by Crippen LogP contribution is 2.32. The van der Waals surface area contributed by atoms with Crippen molar-refractivity contribution in [2.24, 2.45) is 4.99 Å². The molecule has 0 amide bonds. The lowest BCUT2D eigenvalue weighted by Crippen LogP contribution is -2.39. The highest BCUT2D eigenvalue weighted by atomic mass is 35.5. The first-order valence-electron chi connectivity index (χ1n) is 10.6. The van der Waals surface area contributed by atoms with E-state index in [1.165, 1.54) is 23.0 Å². The standard InChI is InChI=1S/C26H18Cl2N2O4S/c1-14-22(25(32)33-2)23(15-7-9-16(27)10-8-15)30-24(31)21(35-26(30)29-14)13-17-11-12-20(34-17)18-5-3-4-6-19(18)28/h3-13,23H,1-2H3/b21-13-/t23-/m1/s1. The van der Waals surface area contributed by atoms with Crippen molar-refractivity contribution in [3.63, 3.8) is 0 Å². The highest BCUT2D eigenvalue weighted by molar-refractivity contribution is 7.07. The number of esters is 1. The Kier molecular flexibility index (Phi) is 6.23. The topological polar surface area (TPSA) is 73.8 Å². The number of rotatable bonds is 4. The lowest BCUT2D eigenvalue weighted by Gasteiger charge is -2.24. The molecule has 4 aromatic rings. The van der Waals surface area contributed by atoms with Gasteiger partial charge in [-0.2, -0.15) is 0 Å². The van der Waals surface area contributed by atoms with Crippen LogP contribution in [0.2, 0.25) is 10.0 Å². The number of ether oxygens (including phenoxy) is 1. The molecule has 1 atom stereocenters. The van der Waals surface area contributed by atoms with E-state index in [0.29, 0.717) is 42.2 Å². The molecule has 35 heavy (non-hydrogen) atoms. The molecule has 1 aliphatic heterocycles. The number of fused-ring (bicyclic) bond motifs is 1. The molecule has 2 aromatic heterocycles. The van der Waals surface area contributed by atoms with Crippen molar-refractivity contribution in [2.45, 2.75) is 13.0 Å². The van der Waals surface area contributed by atoms with Gasteiger partial charge in [-0.1, -0.05) is 58.8 Å². The van der Waals surface area contributed by atoms with Gasteiger partial charge in [0.05, 0.1) is 34.0 Å². The maximum Gasteiger partial charge on any atom is 0.338 e. The van der Waals surface area contributed by atoms with E-state index in [2.05, 4.69) is 4.99 Å². The van der Waals surface area contributed by atoms with Crippen LogP contribution in [-0.4, -0.2) is 17.6 Å². The van der Waals surface area contributed by atoms with Crippen molar-refractivity contribution in [1.82, 2.24) is 4.57 Å². The van der Waals surface area contributed by atoms with Crippen LogP contribution in [0.4, 0.5) is 0 Å². The third-order valence-electron chi connectivity index (χ3n) is 5.65. The van der Waals surface area contributed by atoms with Crippen LogP contribution < -0.4 is 14.9 Å². The summed E-state index contributed by atoms with van der Waals surface area (Å²) in [5.74, 6) is 0.547. The monoisotopic (exact) mass is 524 g/mol. The largest absolute Gasteiger partial charge is 0.466 e. The third kappa shape index (κ3) is 4.27. The fraction of sp³-hybridized carbons (Fsp3) is 0.115. The number of aromatic nitrogens is 1. The van der Waals surface area contributed by atoms with Gasteiger partial charge in [0.25, 0.3) is 5.56 Å². The summed E-state index contributed by atoms with van der Waals surface area (Å²) in [7, 11) is 1.31. The summed E-state index contributed by atoms with van der Waals surface area (Å²) < 4.78 is 12.9. The van der Waals surface area contributed by atoms with E-state index in [4.69, 9.17) is 32.4 Å². The smallest absolute Gasteiger partial charge is 0.338 e. The Balaban J connectivity index is 1.66. The lowest BCUT2D eigenvalue weighted by molar-refractivity contribution is -0.136. The molecule has 0 fully saturated rings. The van der Waals surface area contributed by atoms with Gasteiger partial charge in [-0.15, -0.1) is 0 Å². The average molecular weight is 525 g/mol. The number of carbonyl (C=O) groups excluding carboxylic acids is 1. The maximum absolute atomic E-state index is 13.6. The fourth-order valence-corrected chi connectivity index (χ4v) is 5.40. The molecule has 0 N–H and O–H groups in total. The molecule has 0 saturated carbocycles. The second-order valence-corrected chi connectivity index (χ2v) is 9.66. The van der Waals surface area contributed by atoms with Crippen molar-refractivity contribution in [3.8, 4) is 11.3 Å². The summed E-state index contributed by atoms with van der Waals surface area (Å²) >= 11 is 13.6. The Bertz CT molecular complexity index is 1660. The van der Waals surface area contributed by atoms with Gasteiger partial charge in [0.2, 0.25) is 0 Å². The molecule has 3 heterocycles. The number of nitrogens with zero attached hydrogens (tertiary/aromatic N) is 2. The van der Waals surface area contributed by atoms with E-state index in [1.807, 2.05) is 18.2 Å². The molecule has 0 saturated heterocycles. The number of thiazole rings is 1. The van der Waals surface area contributed by atoms with E-state index in [0.717, 1.165) is 11.1 Å². The summed E-state index contributed by atoms with van der Waals surface area (Å²) in [5, 5.41) is 1.12. The number of methoxy groups -OCH3 is 1. The van der Waals surface area contributed by atoms with Crippen LogP contribution in [0.25, 0.3) is 17.4 Å². The minimum Gasteiger partial charge on any atom is -0.466 e. The van der Waals surface area contributed by atoms with Crippen molar-refractivity contribution >= 4 is 46.6 Å². The normalized spacial score (nSPS) is 15.7. The zero-order valence-corrected chi connectivity index (χ0v) is 20.9. The van der Waals surface area contributed by atoms with Gasteiger partial charge < -0.3 is 9.15 Å². The number of carbonyl (C=O) groups is 1. The molecular weight excluding hydrogens is 507 g/mol. The Hall–Kier alpha value is -3.39. The van der Waals surface area contributed by atoms with Gasteiger partial charge in [0.15, 0.2) is 4.80 Å². The molecule has 2 aromatic carbocycles. The van der Waals surface area contributed by atoms with E-state index in [1.54, 1.807) is 55.5 Å². The van der Waals surface area contributed by atoms with Crippen molar-refractivity contribution < 1.29 is 13.9 Å². The van der Waals surface area contributed by atoms with Crippen molar-refractivity contribution in [3.05, 3.63) is 113 Å². The first-order chi connectivity index (χ1) is 16.9. The molecule has 0 aliphatic carbocycles. The summed E-state index contributed by atoms with van der Waals surface area (Å²) in [5.41, 5.74) is 1.97. The summed E-state index contributed by atoms with van der Waals surface area (Å²) in [6, 6.07) is 17.3. The molecule has 176 valence electrons. The maximum atomic E-state index is 13.6. The summed E-state index contributed by atoms with van der Waals surface area (Å²) in [6.07, 6.45) is 1.67. The molecule has 0 radical (unpaired) electrons. The van der Waals surface area contributed by atoms with Gasteiger partial charge in [0, 0.05) is 16.7 Å². The molecular formula is C26H18Cl2N2O4S. The molecule has 9 heteroatoms. The number of hydrogen-bond donors (Lipinski definition) is 0. The van der Waals surface area contributed by atoms with Gasteiger partial charge in [-0.3, -0.25) is 9.36 Å². The molecule has 6 nitrogen and oxygen atoms in total. The van der Waals surface area contributed by atoms with Gasteiger partial charge in [-0.05, 0) is 48.9 Å². The van der Waals surface area contributed by atoms with E-state index in [-0.39, 0.29) is 5.56 Å². The van der Waals surface area contributed by atoms with Crippen LogP contribution in [0.1, 0.15) is 24.3 Å². The number of hydrogen-bond acceptors (Lipinski definition) is 6. The predicted octanol–water partition coefficient (Wildman–Crippen LogP) is 4.98. The number of allylic oxidation sites excluding steroid dienone is 1. The molecule has 0 unspecified atom stereocenters. The Morgan fingerprint density at radius 2 is 1.86 bits per heavy atom. The van der Waals surface area contributed by atoms with Gasteiger partial charge in [0.1, 0.15) is 11.5 Å². The fourth-order valence-electron chi connectivity index (χ4n) is 4.02. The minimum atomic E-state index is -0.701. The van der Waals surface area contributed by atoms with Gasteiger partial charge in [-0.25, -0.2) is 9.79 Å². The van der Waals surface area contributed by atoms with Crippen LogP contribution in [0.3, 0.4) is 0 Å². The quantitative estimate of drug-likeness (QED) is 0.353. The van der Waals surface area contributed by atoms with E-state index < -0.39 is 12.0 Å².